The molecule has 80 valence electrons. The average Bonchev–Trinajstić information content (AvgIpc) is 2.78. The predicted molar refractivity (Wildman–Crippen MR) is 61.8 cm³/mol. The number of para-hydroxylation sites is 1. The number of phenolic OH excluding ortho intramolecular Hbond substituents is 1. The first-order valence-corrected chi connectivity index (χ1v) is 8.48. The van der Waals surface area contributed by atoms with Crippen LogP contribution in [-0.2, 0) is 17.0 Å². The van der Waals surface area contributed by atoms with Crippen LogP contribution in [-0.4, -0.2) is 5.11 Å². The van der Waals surface area contributed by atoms with Crippen molar-refractivity contribution in [2.24, 2.45) is 0 Å². The molecule has 15 heavy (non-hydrogen) atoms. The Morgan fingerprint density at radius 3 is 1.60 bits per heavy atom. The van der Waals surface area contributed by atoms with Crippen molar-refractivity contribution in [1.82, 2.24) is 0 Å². The van der Waals surface area contributed by atoms with E-state index in [-0.39, 0.29) is 0 Å². The Kier molecular flexibility index (Phi) is 11.5. The van der Waals surface area contributed by atoms with E-state index in [4.69, 9.17) is 23.7 Å². The summed E-state index contributed by atoms with van der Waals surface area (Å²) < 4.78 is 0. The maximum absolute atomic E-state index is 8.63. The van der Waals surface area contributed by atoms with Gasteiger partial charge in [-0.3, -0.25) is 0 Å². The van der Waals surface area contributed by atoms with E-state index in [1.165, 1.54) is 0 Å². The molecule has 0 aliphatic carbocycles. The predicted octanol–water partition coefficient (Wildman–Crippen LogP) is 4.17. The van der Waals surface area contributed by atoms with Crippen molar-refractivity contribution >= 4 is 18.6 Å². The Labute approximate surface area is 107 Å². The molecule has 0 aliphatic heterocycles. The Morgan fingerprint density at radius 2 is 1.40 bits per heavy atom. The van der Waals surface area contributed by atoms with Gasteiger partial charge in [0.2, 0.25) is 0 Å². The number of benzene rings is 1. The summed E-state index contributed by atoms with van der Waals surface area (Å²) in [5.74, 6) is 0.322. The molecule has 1 N–H and O–H groups in total. The quantitative estimate of drug-likeness (QED) is 0.566. The SMILES string of the molecule is Oc1ccccc1.[Cl][Ti][Cl].c1cc[cH-]c1. The number of phenols is 1. The third kappa shape index (κ3) is 11.6. The molecule has 0 aromatic heterocycles. The average molecular weight is 278 g/mol. The normalized spacial score (nSPS) is 7.60. The Hall–Kier alpha value is -0.336. The number of hydrogen-bond donors (Lipinski definition) is 1. The Bertz CT molecular complexity index is 280. The van der Waals surface area contributed by atoms with E-state index in [9.17, 15) is 0 Å². The van der Waals surface area contributed by atoms with Crippen molar-refractivity contribution in [2.45, 2.75) is 0 Å². The van der Waals surface area contributed by atoms with Gasteiger partial charge in [-0.15, -0.1) is 0 Å². The Balaban J connectivity index is 0.000000216. The fourth-order valence-corrected chi connectivity index (χ4v) is 0.749. The maximum Gasteiger partial charge on any atom is -0.172 e. The maximum atomic E-state index is 8.63. The van der Waals surface area contributed by atoms with Crippen LogP contribution >= 0.6 is 18.6 Å². The first-order chi connectivity index (χ1) is 7.31. The molecule has 0 aliphatic rings. The fourth-order valence-electron chi connectivity index (χ4n) is 0.749. The Morgan fingerprint density at radius 1 is 0.933 bits per heavy atom. The molecule has 0 atom stereocenters. The number of aromatic hydroxyl groups is 1. The first-order valence-electron chi connectivity index (χ1n) is 4.18. The van der Waals surface area contributed by atoms with Gasteiger partial charge in [0.25, 0.3) is 0 Å². The van der Waals surface area contributed by atoms with Crippen molar-refractivity contribution in [1.29, 1.82) is 0 Å². The van der Waals surface area contributed by atoms with Crippen molar-refractivity contribution in [3.05, 3.63) is 60.7 Å². The van der Waals surface area contributed by atoms with Gasteiger partial charge < -0.3 is 5.11 Å². The van der Waals surface area contributed by atoms with Gasteiger partial charge in [0.15, 0.2) is 0 Å². The minimum Gasteiger partial charge on any atom is -0.214 e. The molecule has 0 unspecified atom stereocenters. The van der Waals surface area contributed by atoms with Gasteiger partial charge >= 0.3 is 35.6 Å². The smallest absolute Gasteiger partial charge is 0.172 e. The third-order valence-corrected chi connectivity index (χ3v) is 1.31. The van der Waals surface area contributed by atoms with Crippen LogP contribution in [0.15, 0.2) is 60.7 Å². The summed E-state index contributed by atoms with van der Waals surface area (Å²) in [6.45, 7) is 0. The molecule has 0 saturated heterocycles. The summed E-state index contributed by atoms with van der Waals surface area (Å²) in [5, 5.41) is 8.63. The molecular weight excluding hydrogens is 267 g/mol. The first kappa shape index (κ1) is 14.7. The molecule has 0 radical (unpaired) electrons. The molecule has 0 fully saturated rings. The van der Waals surface area contributed by atoms with Gasteiger partial charge in [0, 0.05) is 0 Å². The summed E-state index contributed by atoms with van der Waals surface area (Å²) >= 11 is -0.556. The number of halogens is 2. The van der Waals surface area contributed by atoms with Crippen LogP contribution in [0.3, 0.4) is 0 Å². The van der Waals surface area contributed by atoms with E-state index in [0.29, 0.717) is 5.75 Å². The second kappa shape index (κ2) is 11.7. The fraction of sp³-hybridized carbons (Fsp3) is 0. The molecule has 1 nitrogen and oxygen atoms in total. The second-order valence-electron chi connectivity index (χ2n) is 2.37. The van der Waals surface area contributed by atoms with Crippen LogP contribution < -0.4 is 0 Å². The number of hydrogen-bond acceptors (Lipinski definition) is 1. The van der Waals surface area contributed by atoms with E-state index < -0.39 is 17.0 Å². The van der Waals surface area contributed by atoms with Crippen LogP contribution in [0, 0.1) is 0 Å². The van der Waals surface area contributed by atoms with E-state index in [0.717, 1.165) is 0 Å². The molecule has 0 bridgehead atoms. The zero-order valence-corrected chi connectivity index (χ0v) is 11.1. The standard InChI is InChI=1S/C6H6O.C5H5.2ClH.Ti/c7-6-4-2-1-3-5-6;1-2-4-5-3-1;;;/h1-5,7H;1-5H;2*1H;/q;-1;;;+2/p-2. The summed E-state index contributed by atoms with van der Waals surface area (Å²) in [5.41, 5.74) is 0. The minimum atomic E-state index is -0.556. The topological polar surface area (TPSA) is 20.2 Å². The molecule has 4 heteroatoms. The van der Waals surface area contributed by atoms with Crippen LogP contribution in [0.2, 0.25) is 0 Å². The molecule has 0 heterocycles. The van der Waals surface area contributed by atoms with E-state index in [1.54, 1.807) is 24.3 Å². The van der Waals surface area contributed by atoms with Crippen LogP contribution in [0.25, 0.3) is 0 Å². The minimum absolute atomic E-state index is 0.322. The second-order valence-corrected chi connectivity index (χ2v) is 4.95. The molecule has 0 spiro atoms. The summed E-state index contributed by atoms with van der Waals surface area (Å²) in [6, 6.07) is 18.7. The summed E-state index contributed by atoms with van der Waals surface area (Å²) in [4.78, 5) is 0. The molecule has 0 amide bonds. The van der Waals surface area contributed by atoms with E-state index in [2.05, 4.69) is 0 Å². The van der Waals surface area contributed by atoms with Crippen LogP contribution in [0.1, 0.15) is 0 Å². The molecule has 2 aromatic rings. The van der Waals surface area contributed by atoms with Crippen LogP contribution in [0.4, 0.5) is 0 Å². The van der Waals surface area contributed by atoms with Gasteiger partial charge in [-0.05, 0) is 12.1 Å². The molecule has 0 saturated carbocycles. The monoisotopic (exact) mass is 277 g/mol. The van der Waals surface area contributed by atoms with Gasteiger partial charge in [-0.25, -0.2) is 12.1 Å². The molecular formula is C11H11Cl2OTi-. The third-order valence-electron chi connectivity index (χ3n) is 1.31. The summed E-state index contributed by atoms with van der Waals surface area (Å²) in [6.07, 6.45) is 0. The molecule has 2 rings (SSSR count). The van der Waals surface area contributed by atoms with Gasteiger partial charge in [-0.1, -0.05) is 18.2 Å². The van der Waals surface area contributed by atoms with Crippen LogP contribution in [0.5, 0.6) is 5.75 Å². The van der Waals surface area contributed by atoms with E-state index >= 15 is 0 Å². The zero-order valence-electron chi connectivity index (χ0n) is 7.98. The number of rotatable bonds is 0. The zero-order chi connectivity index (χ0) is 11.4. The van der Waals surface area contributed by atoms with Gasteiger partial charge in [0.1, 0.15) is 5.75 Å². The van der Waals surface area contributed by atoms with Crippen molar-refractivity contribution in [3.8, 4) is 5.75 Å². The molecule has 2 aromatic carbocycles. The van der Waals surface area contributed by atoms with Gasteiger partial charge in [-0.2, -0.15) is 18.2 Å². The largest absolute Gasteiger partial charge is 0.214 e. The summed E-state index contributed by atoms with van der Waals surface area (Å²) in [7, 11) is 9.78. The van der Waals surface area contributed by atoms with Crippen molar-refractivity contribution in [3.63, 3.8) is 0 Å². The van der Waals surface area contributed by atoms with Gasteiger partial charge in [0.05, 0.1) is 0 Å². The van der Waals surface area contributed by atoms with E-state index in [1.807, 2.05) is 36.4 Å². The van der Waals surface area contributed by atoms with Crippen molar-refractivity contribution < 1.29 is 22.1 Å². The van der Waals surface area contributed by atoms with Crippen molar-refractivity contribution in [2.75, 3.05) is 0 Å².